The van der Waals surface area contributed by atoms with Crippen molar-refractivity contribution < 1.29 is 9.90 Å². The maximum Gasteiger partial charge on any atom is 0.320 e. The zero-order chi connectivity index (χ0) is 12.7. The van der Waals surface area contributed by atoms with Crippen molar-refractivity contribution >= 4 is 17.7 Å². The Hall–Kier alpha value is -0.220. The largest absolute Gasteiger partial charge is 0.480 e. The molecule has 1 aliphatic rings. The molecular weight excluding hydrogens is 234 g/mol. The molecule has 0 aromatic rings. The van der Waals surface area contributed by atoms with E-state index in [0.29, 0.717) is 0 Å². The third-order valence-corrected chi connectivity index (χ3v) is 5.16. The fraction of sp³-hybridized carbons (Fsp3) is 0.923. The second-order valence-corrected chi connectivity index (χ2v) is 6.28. The van der Waals surface area contributed by atoms with Gasteiger partial charge >= 0.3 is 5.97 Å². The van der Waals surface area contributed by atoms with Crippen LogP contribution < -0.4 is 5.32 Å². The molecule has 0 radical (unpaired) electrons. The first-order valence-electron chi connectivity index (χ1n) is 6.65. The minimum atomic E-state index is -0.709. The summed E-state index contributed by atoms with van der Waals surface area (Å²) < 4.78 is 0.277. The maximum absolute atomic E-state index is 11.1. The second-order valence-electron chi connectivity index (χ2n) is 5.01. The van der Waals surface area contributed by atoms with Gasteiger partial charge in [0, 0.05) is 11.3 Å². The Labute approximate surface area is 109 Å². The van der Waals surface area contributed by atoms with Gasteiger partial charge in [-0.2, -0.15) is 11.8 Å². The molecule has 0 aliphatic heterocycles. The minimum Gasteiger partial charge on any atom is -0.480 e. The summed E-state index contributed by atoms with van der Waals surface area (Å²) in [7, 11) is 0. The van der Waals surface area contributed by atoms with Crippen molar-refractivity contribution in [1.82, 2.24) is 5.32 Å². The number of carboxylic acids is 1. The molecule has 1 aliphatic carbocycles. The van der Waals surface area contributed by atoms with Gasteiger partial charge in [0.1, 0.15) is 6.04 Å². The van der Waals surface area contributed by atoms with Crippen LogP contribution in [-0.2, 0) is 4.79 Å². The highest BCUT2D eigenvalue weighted by Crippen LogP contribution is 2.38. The highest BCUT2D eigenvalue weighted by Gasteiger charge is 2.32. The van der Waals surface area contributed by atoms with Crippen LogP contribution in [0.5, 0.6) is 0 Å². The summed E-state index contributed by atoms with van der Waals surface area (Å²) in [4.78, 5) is 11.1. The van der Waals surface area contributed by atoms with Crippen LogP contribution in [-0.4, -0.2) is 34.7 Å². The molecule has 2 N–H and O–H groups in total. The molecule has 0 saturated heterocycles. The molecule has 4 heteroatoms. The Bertz CT molecular complexity index is 240. The number of nitrogens with one attached hydrogen (secondary N) is 1. The molecule has 1 saturated carbocycles. The maximum atomic E-state index is 11.1. The molecule has 1 atom stereocenters. The molecule has 1 unspecified atom stereocenters. The molecule has 0 heterocycles. The smallest absolute Gasteiger partial charge is 0.320 e. The second kappa shape index (κ2) is 7.27. The van der Waals surface area contributed by atoms with Crippen molar-refractivity contribution in [1.29, 1.82) is 0 Å². The number of carboxylic acid groups (broad SMARTS) is 1. The zero-order valence-corrected chi connectivity index (χ0v) is 11.8. The summed E-state index contributed by atoms with van der Waals surface area (Å²) >= 11 is 1.91. The standard InChI is InChI=1S/C13H25NO2S/c1-3-7-11(12(15)16)14-10-13(17-2)8-5-4-6-9-13/h11,14H,3-10H2,1-2H3,(H,15,16). The molecule has 0 spiro atoms. The molecule has 0 aromatic carbocycles. The van der Waals surface area contributed by atoms with Crippen molar-refractivity contribution in [3.63, 3.8) is 0 Å². The van der Waals surface area contributed by atoms with Gasteiger partial charge in [-0.15, -0.1) is 0 Å². The Morgan fingerprint density at radius 3 is 2.53 bits per heavy atom. The average molecular weight is 259 g/mol. The van der Waals surface area contributed by atoms with Gasteiger partial charge < -0.3 is 10.4 Å². The monoisotopic (exact) mass is 259 g/mol. The molecule has 1 rings (SSSR count). The van der Waals surface area contributed by atoms with E-state index in [2.05, 4.69) is 11.6 Å². The lowest BCUT2D eigenvalue weighted by Crippen LogP contribution is -2.46. The first-order valence-corrected chi connectivity index (χ1v) is 7.87. The molecule has 3 nitrogen and oxygen atoms in total. The number of hydrogen-bond donors (Lipinski definition) is 2. The first kappa shape index (κ1) is 14.8. The van der Waals surface area contributed by atoms with E-state index >= 15 is 0 Å². The summed E-state index contributed by atoms with van der Waals surface area (Å²) in [5.41, 5.74) is 0. The number of hydrogen-bond acceptors (Lipinski definition) is 3. The quantitative estimate of drug-likeness (QED) is 0.738. The lowest BCUT2D eigenvalue weighted by Gasteiger charge is -2.36. The Balaban J connectivity index is 2.47. The summed E-state index contributed by atoms with van der Waals surface area (Å²) in [6, 6.07) is -0.369. The molecule has 0 aromatic heterocycles. The van der Waals surface area contributed by atoms with Gasteiger partial charge in [-0.25, -0.2) is 0 Å². The van der Waals surface area contributed by atoms with E-state index < -0.39 is 5.97 Å². The van der Waals surface area contributed by atoms with Gasteiger partial charge in [0.25, 0.3) is 0 Å². The fourth-order valence-corrected chi connectivity index (χ4v) is 3.48. The number of carbonyl (C=O) groups is 1. The van der Waals surface area contributed by atoms with Crippen molar-refractivity contribution in [2.24, 2.45) is 0 Å². The van der Waals surface area contributed by atoms with Crippen LogP contribution in [0.4, 0.5) is 0 Å². The highest BCUT2D eigenvalue weighted by atomic mass is 32.2. The third kappa shape index (κ3) is 4.51. The highest BCUT2D eigenvalue weighted by molar-refractivity contribution is 8.00. The van der Waals surface area contributed by atoms with Crippen LogP contribution in [0, 0.1) is 0 Å². The van der Waals surface area contributed by atoms with E-state index in [4.69, 9.17) is 5.11 Å². The van der Waals surface area contributed by atoms with E-state index in [1.807, 2.05) is 18.7 Å². The van der Waals surface area contributed by atoms with E-state index in [1.54, 1.807) is 0 Å². The summed E-state index contributed by atoms with van der Waals surface area (Å²) in [5.74, 6) is -0.709. The van der Waals surface area contributed by atoms with Crippen LogP contribution >= 0.6 is 11.8 Å². The summed E-state index contributed by atoms with van der Waals surface area (Å²) in [6.45, 7) is 2.87. The van der Waals surface area contributed by atoms with E-state index in [0.717, 1.165) is 19.4 Å². The van der Waals surface area contributed by atoms with Gasteiger partial charge in [-0.3, -0.25) is 4.79 Å². The fourth-order valence-electron chi connectivity index (χ4n) is 2.56. The van der Waals surface area contributed by atoms with Gasteiger partial charge in [-0.1, -0.05) is 32.6 Å². The molecule has 17 heavy (non-hydrogen) atoms. The third-order valence-electron chi connectivity index (χ3n) is 3.74. The Morgan fingerprint density at radius 1 is 1.41 bits per heavy atom. The first-order chi connectivity index (χ1) is 8.13. The van der Waals surface area contributed by atoms with Crippen LogP contribution in [0.15, 0.2) is 0 Å². The van der Waals surface area contributed by atoms with Gasteiger partial charge in [0.05, 0.1) is 0 Å². The number of aliphatic carboxylic acids is 1. The molecule has 0 bridgehead atoms. The summed E-state index contributed by atoms with van der Waals surface area (Å²) in [5, 5.41) is 12.4. The van der Waals surface area contributed by atoms with E-state index in [9.17, 15) is 4.79 Å². The van der Waals surface area contributed by atoms with E-state index in [1.165, 1.54) is 32.1 Å². The Kier molecular flexibility index (Phi) is 6.34. The topological polar surface area (TPSA) is 49.3 Å². The molecular formula is C13H25NO2S. The van der Waals surface area contributed by atoms with Crippen LogP contribution in [0.3, 0.4) is 0 Å². The molecule has 0 amide bonds. The van der Waals surface area contributed by atoms with Crippen molar-refractivity contribution in [2.75, 3.05) is 12.8 Å². The number of rotatable bonds is 7. The summed E-state index contributed by atoms with van der Waals surface area (Å²) in [6.07, 6.45) is 10.1. The van der Waals surface area contributed by atoms with Crippen LogP contribution in [0.1, 0.15) is 51.9 Å². The lowest BCUT2D eigenvalue weighted by molar-refractivity contribution is -0.139. The van der Waals surface area contributed by atoms with Gasteiger partial charge in [0.15, 0.2) is 0 Å². The predicted molar refractivity (Wildman–Crippen MR) is 73.7 cm³/mol. The zero-order valence-electron chi connectivity index (χ0n) is 11.0. The van der Waals surface area contributed by atoms with Gasteiger partial charge in [-0.05, 0) is 25.5 Å². The minimum absolute atomic E-state index is 0.277. The van der Waals surface area contributed by atoms with Crippen molar-refractivity contribution in [3.05, 3.63) is 0 Å². The molecule has 1 fully saturated rings. The predicted octanol–water partition coefficient (Wildman–Crippen LogP) is 2.90. The average Bonchev–Trinajstić information content (AvgIpc) is 2.35. The van der Waals surface area contributed by atoms with Gasteiger partial charge in [0.2, 0.25) is 0 Å². The SMILES string of the molecule is CCCC(NCC1(SC)CCCCC1)C(=O)O. The Morgan fingerprint density at radius 2 is 2.06 bits per heavy atom. The van der Waals surface area contributed by atoms with Crippen LogP contribution in [0.2, 0.25) is 0 Å². The lowest BCUT2D eigenvalue weighted by atomic mass is 9.88. The molecule has 100 valence electrons. The van der Waals surface area contributed by atoms with E-state index in [-0.39, 0.29) is 10.8 Å². The van der Waals surface area contributed by atoms with Crippen LogP contribution in [0.25, 0.3) is 0 Å². The number of thioether (sulfide) groups is 1. The normalized spacial score (nSPS) is 21.1. The van der Waals surface area contributed by atoms with Crippen molar-refractivity contribution in [3.8, 4) is 0 Å². The van der Waals surface area contributed by atoms with Crippen molar-refractivity contribution in [2.45, 2.75) is 62.7 Å².